The van der Waals surface area contributed by atoms with Gasteiger partial charge in [-0.3, -0.25) is 0 Å². The number of hydrogen-bond acceptors (Lipinski definition) is 8. The molecular formula is C18H22O8. The minimum absolute atomic E-state index is 0.122. The predicted octanol–water partition coefficient (Wildman–Crippen LogP) is 0.177. The molecule has 142 valence electrons. The van der Waals surface area contributed by atoms with Crippen LogP contribution in [0, 0.1) is 0 Å². The molecule has 3 rings (SSSR count). The Kier molecular flexibility index (Phi) is 5.59. The Morgan fingerprint density at radius 3 is 2.65 bits per heavy atom. The van der Waals surface area contributed by atoms with Gasteiger partial charge in [0.25, 0.3) is 0 Å². The van der Waals surface area contributed by atoms with Crippen LogP contribution in [0.4, 0.5) is 0 Å². The smallest absolute Gasteiger partial charge is 0.348 e. The summed E-state index contributed by atoms with van der Waals surface area (Å²) in [6, 6.07) is 4.91. The lowest BCUT2D eigenvalue weighted by molar-refractivity contribution is -0.277. The normalized spacial score (nSPS) is 32.4. The molecule has 8 nitrogen and oxygen atoms in total. The van der Waals surface area contributed by atoms with E-state index in [9.17, 15) is 25.2 Å². The van der Waals surface area contributed by atoms with E-state index in [0.717, 1.165) is 12.8 Å². The lowest BCUT2D eigenvalue weighted by Gasteiger charge is -2.39. The van der Waals surface area contributed by atoms with Crippen molar-refractivity contribution in [2.24, 2.45) is 0 Å². The van der Waals surface area contributed by atoms with Crippen molar-refractivity contribution >= 4 is 11.7 Å². The highest BCUT2D eigenvalue weighted by Crippen LogP contribution is 2.37. The molecule has 0 amide bonds. The van der Waals surface area contributed by atoms with Crippen LogP contribution in [0.25, 0.3) is 5.76 Å². The third-order valence-corrected chi connectivity index (χ3v) is 4.41. The molecule has 0 aromatic heterocycles. The van der Waals surface area contributed by atoms with Crippen LogP contribution in [-0.2, 0) is 9.47 Å². The lowest BCUT2D eigenvalue weighted by atomic mass is 9.99. The first-order valence-electron chi connectivity index (χ1n) is 8.50. The van der Waals surface area contributed by atoms with E-state index in [1.807, 2.05) is 13.0 Å². The number of ether oxygens (including phenoxy) is 3. The molecule has 1 aromatic rings. The summed E-state index contributed by atoms with van der Waals surface area (Å²) in [6.45, 7) is 1.44. The van der Waals surface area contributed by atoms with Gasteiger partial charge in [0.15, 0.2) is 0 Å². The van der Waals surface area contributed by atoms with Crippen molar-refractivity contribution in [3.63, 3.8) is 0 Å². The highest BCUT2D eigenvalue weighted by Gasteiger charge is 2.45. The Hall–Kier alpha value is -1.97. The molecular weight excluding hydrogens is 344 g/mol. The van der Waals surface area contributed by atoms with Crippen molar-refractivity contribution in [3.8, 4) is 5.75 Å². The molecule has 5 unspecified atom stereocenters. The molecule has 1 saturated heterocycles. The van der Waals surface area contributed by atoms with Crippen LogP contribution in [0.15, 0.2) is 24.3 Å². The number of aliphatic hydroxyl groups is 4. The molecule has 0 saturated carbocycles. The molecule has 2 aliphatic heterocycles. The van der Waals surface area contributed by atoms with E-state index in [1.165, 1.54) is 6.07 Å². The molecule has 2 heterocycles. The van der Waals surface area contributed by atoms with Gasteiger partial charge in [0.2, 0.25) is 6.29 Å². The number of cyclic esters (lactones) is 1. The maximum Gasteiger partial charge on any atom is 0.348 e. The van der Waals surface area contributed by atoms with Crippen molar-refractivity contribution in [2.45, 2.75) is 50.5 Å². The van der Waals surface area contributed by atoms with Crippen LogP contribution in [-0.4, -0.2) is 63.7 Å². The van der Waals surface area contributed by atoms with Gasteiger partial charge in [-0.2, -0.15) is 0 Å². The molecule has 2 aliphatic rings. The zero-order valence-corrected chi connectivity index (χ0v) is 14.2. The Balaban J connectivity index is 1.88. The van der Waals surface area contributed by atoms with E-state index in [4.69, 9.17) is 14.2 Å². The van der Waals surface area contributed by atoms with Crippen LogP contribution in [0.5, 0.6) is 5.75 Å². The number of aliphatic hydroxyl groups excluding tert-OH is 4. The highest BCUT2D eigenvalue weighted by atomic mass is 16.7. The number of allylic oxidation sites excluding steroid dienone is 1. The van der Waals surface area contributed by atoms with E-state index in [-0.39, 0.29) is 11.3 Å². The summed E-state index contributed by atoms with van der Waals surface area (Å²) in [5.74, 6) is -0.00891. The largest absolute Gasteiger partial charge is 0.461 e. The second kappa shape index (κ2) is 7.73. The minimum atomic E-state index is -1.56. The van der Waals surface area contributed by atoms with Crippen molar-refractivity contribution in [3.05, 3.63) is 35.4 Å². The minimum Gasteiger partial charge on any atom is -0.461 e. The maximum absolute atomic E-state index is 12.2. The van der Waals surface area contributed by atoms with Gasteiger partial charge in [0.05, 0.1) is 6.61 Å². The standard InChI is InChI=1S/C18H22O8/c1-2-3-6-10-9-5-4-7-11(13(9)17(23)24-10)25-18-16(22)15(21)14(20)12(8-19)26-18/h4-7,12,14-16,18-22H,2-3,8H2,1H3. The van der Waals surface area contributed by atoms with Gasteiger partial charge < -0.3 is 34.6 Å². The number of esters is 1. The fraction of sp³-hybridized carbons (Fsp3) is 0.500. The van der Waals surface area contributed by atoms with Gasteiger partial charge in [-0.1, -0.05) is 25.5 Å². The topological polar surface area (TPSA) is 126 Å². The highest BCUT2D eigenvalue weighted by molar-refractivity contribution is 6.05. The lowest BCUT2D eigenvalue weighted by Crippen LogP contribution is -2.60. The van der Waals surface area contributed by atoms with Crippen LogP contribution >= 0.6 is 0 Å². The van der Waals surface area contributed by atoms with Crippen molar-refractivity contribution in [1.82, 2.24) is 0 Å². The third-order valence-electron chi connectivity index (χ3n) is 4.41. The summed E-state index contributed by atoms with van der Waals surface area (Å²) in [5, 5.41) is 39.0. The monoisotopic (exact) mass is 366 g/mol. The average molecular weight is 366 g/mol. The van der Waals surface area contributed by atoms with E-state index in [0.29, 0.717) is 11.3 Å². The number of carbonyl (C=O) groups is 1. The van der Waals surface area contributed by atoms with Crippen LogP contribution in [0.1, 0.15) is 35.7 Å². The molecule has 0 aliphatic carbocycles. The summed E-state index contributed by atoms with van der Waals surface area (Å²) < 4.78 is 16.2. The van der Waals surface area contributed by atoms with Gasteiger partial charge in [-0.15, -0.1) is 0 Å². The molecule has 8 heteroatoms. The first kappa shape index (κ1) is 18.8. The molecule has 26 heavy (non-hydrogen) atoms. The third kappa shape index (κ3) is 3.34. The molecule has 0 radical (unpaired) electrons. The Bertz CT molecular complexity index is 698. The summed E-state index contributed by atoms with van der Waals surface area (Å²) in [5.41, 5.74) is 0.775. The van der Waals surface area contributed by atoms with Gasteiger partial charge >= 0.3 is 5.97 Å². The molecule has 0 bridgehead atoms. The van der Waals surface area contributed by atoms with Gasteiger partial charge in [-0.05, 0) is 18.6 Å². The summed E-state index contributed by atoms with van der Waals surface area (Å²) in [4.78, 5) is 12.2. The van der Waals surface area contributed by atoms with E-state index in [2.05, 4.69) is 0 Å². The maximum atomic E-state index is 12.2. The number of fused-ring (bicyclic) bond motifs is 1. The fourth-order valence-corrected chi connectivity index (χ4v) is 2.97. The average Bonchev–Trinajstić information content (AvgIpc) is 2.97. The first-order valence-corrected chi connectivity index (χ1v) is 8.50. The fourth-order valence-electron chi connectivity index (χ4n) is 2.97. The van der Waals surface area contributed by atoms with Gasteiger partial charge in [0.1, 0.15) is 41.5 Å². The SMILES string of the molecule is CCCC=C1OC(=O)c2c(OC3OC(CO)C(O)C(O)C3O)cccc21. The number of hydrogen-bond donors (Lipinski definition) is 4. The van der Waals surface area contributed by atoms with Crippen molar-refractivity contribution < 1.29 is 39.4 Å². The zero-order chi connectivity index (χ0) is 18.8. The van der Waals surface area contributed by atoms with Crippen LogP contribution in [0.2, 0.25) is 0 Å². The Morgan fingerprint density at radius 1 is 1.19 bits per heavy atom. The zero-order valence-electron chi connectivity index (χ0n) is 14.2. The van der Waals surface area contributed by atoms with Crippen LogP contribution in [0.3, 0.4) is 0 Å². The number of unbranched alkanes of at least 4 members (excludes halogenated alkanes) is 1. The Morgan fingerprint density at radius 2 is 1.96 bits per heavy atom. The Labute approximate surface area is 150 Å². The second-order valence-electron chi connectivity index (χ2n) is 6.24. The summed E-state index contributed by atoms with van der Waals surface area (Å²) in [7, 11) is 0. The first-order chi connectivity index (χ1) is 12.5. The van der Waals surface area contributed by atoms with E-state index < -0.39 is 43.3 Å². The summed E-state index contributed by atoms with van der Waals surface area (Å²) >= 11 is 0. The molecule has 0 spiro atoms. The number of carbonyl (C=O) groups excluding carboxylic acids is 1. The second-order valence-corrected chi connectivity index (χ2v) is 6.24. The number of benzene rings is 1. The van der Waals surface area contributed by atoms with E-state index >= 15 is 0 Å². The molecule has 1 fully saturated rings. The summed E-state index contributed by atoms with van der Waals surface area (Å²) in [6.07, 6.45) is -3.59. The molecule has 1 aromatic carbocycles. The quantitative estimate of drug-likeness (QED) is 0.544. The predicted molar refractivity (Wildman–Crippen MR) is 89.1 cm³/mol. The molecule has 5 atom stereocenters. The van der Waals surface area contributed by atoms with Crippen LogP contribution < -0.4 is 4.74 Å². The van der Waals surface area contributed by atoms with Gasteiger partial charge in [0, 0.05) is 5.56 Å². The van der Waals surface area contributed by atoms with Crippen molar-refractivity contribution in [1.29, 1.82) is 0 Å². The van der Waals surface area contributed by atoms with E-state index in [1.54, 1.807) is 12.1 Å². The van der Waals surface area contributed by atoms with Crippen molar-refractivity contribution in [2.75, 3.05) is 6.61 Å². The van der Waals surface area contributed by atoms with Gasteiger partial charge in [-0.25, -0.2) is 4.79 Å². The molecule has 4 N–H and O–H groups in total. The number of rotatable bonds is 5.